The molecule has 8 N–H and O–H groups in total. The van der Waals surface area contributed by atoms with E-state index in [0.717, 1.165) is 12.2 Å². The predicted molar refractivity (Wildman–Crippen MR) is 110 cm³/mol. The van der Waals surface area contributed by atoms with Crippen molar-refractivity contribution in [3.63, 3.8) is 0 Å². The molecule has 0 fully saturated rings. The van der Waals surface area contributed by atoms with Gasteiger partial charge in [0.15, 0.2) is 12.2 Å². The molecule has 35 heavy (non-hydrogen) atoms. The Hall–Kier alpha value is -3.86. The average molecular weight is 563 g/mol. The van der Waals surface area contributed by atoms with E-state index in [4.69, 9.17) is 30.6 Å². The first-order chi connectivity index (χ1) is 15.9. The summed E-state index contributed by atoms with van der Waals surface area (Å²) >= 11 is 0. The van der Waals surface area contributed by atoms with Crippen LogP contribution in [-0.2, 0) is 19.2 Å². The maximum Gasteiger partial charge on any atom is 2.00 e. The van der Waals surface area contributed by atoms with Crippen molar-refractivity contribution >= 4 is 53.1 Å². The molecule has 0 aliphatic heterocycles. The van der Waals surface area contributed by atoms with E-state index in [1.54, 1.807) is 12.4 Å². The third-order valence-corrected chi connectivity index (χ3v) is 3.32. The van der Waals surface area contributed by atoms with E-state index >= 15 is 0 Å². The molecule has 0 amide bonds. The van der Waals surface area contributed by atoms with Crippen LogP contribution < -0.4 is 10.2 Å². The van der Waals surface area contributed by atoms with Crippen molar-refractivity contribution in [1.29, 1.82) is 0 Å². The standard InChI is InChI=1S/2C6H6N2O2.C6H10O8.Se/c2*9-6(10)2-1-5-3-7-4-8-5;7-1(3(9)5(11)12)2(8)4(10)6(13)14;/h2*1-4H,(H,7,8)(H,9,10);1-4,7-10H,(H,11,12)(H,13,14);/q;;;+2/p-2/t;;1-,2-,3-,4+;/m..0./s1. The summed E-state index contributed by atoms with van der Waals surface area (Å²) in [5.41, 5.74) is 1.15. The second kappa shape index (κ2) is 17.6. The van der Waals surface area contributed by atoms with Crippen LogP contribution in [0.2, 0.25) is 0 Å². The summed E-state index contributed by atoms with van der Waals surface area (Å²) in [6.45, 7) is 0. The third-order valence-electron chi connectivity index (χ3n) is 3.32. The van der Waals surface area contributed by atoms with Gasteiger partial charge < -0.3 is 60.4 Å². The van der Waals surface area contributed by atoms with E-state index in [1.165, 1.54) is 24.8 Å². The molecule has 2 aromatic heterocycles. The molecule has 4 atom stereocenters. The Morgan fingerprint density at radius 1 is 0.743 bits per heavy atom. The normalized spacial score (nSPS) is 13.7. The molecule has 4 radical (unpaired) electrons. The number of hydrogen-bond donors (Lipinski definition) is 8. The Morgan fingerprint density at radius 2 is 1.06 bits per heavy atom. The molecule has 0 unspecified atom stereocenters. The fourth-order valence-electron chi connectivity index (χ4n) is 1.70. The molecule has 0 bridgehead atoms. The van der Waals surface area contributed by atoms with Crippen molar-refractivity contribution in [3.8, 4) is 0 Å². The van der Waals surface area contributed by atoms with Gasteiger partial charge in [0.2, 0.25) is 0 Å². The van der Waals surface area contributed by atoms with Gasteiger partial charge in [0.05, 0.1) is 36.0 Å². The smallest absolute Gasteiger partial charge is 0.545 e. The van der Waals surface area contributed by atoms with Gasteiger partial charge >= 0.3 is 29.0 Å². The molecule has 0 aromatic carbocycles. The molecule has 0 saturated carbocycles. The van der Waals surface area contributed by atoms with Crippen LogP contribution in [0.5, 0.6) is 0 Å². The third kappa shape index (κ3) is 14.8. The monoisotopic (exact) mass is 564 g/mol. The largest absolute Gasteiger partial charge is 2.00 e. The van der Waals surface area contributed by atoms with Gasteiger partial charge in [-0.3, -0.25) is 0 Å². The number of H-pyrrole nitrogens is 2. The number of aliphatic carboxylic acids is 4. The maximum atomic E-state index is 10.1. The van der Waals surface area contributed by atoms with Crippen molar-refractivity contribution in [2.24, 2.45) is 0 Å². The van der Waals surface area contributed by atoms with Crippen LogP contribution in [0.4, 0.5) is 0 Å². The topological polar surface area (TPSA) is 293 Å². The zero-order valence-corrected chi connectivity index (χ0v) is 19.1. The molecule has 2 rings (SSSR count). The molecular weight excluding hydrogens is 543 g/mol. The summed E-state index contributed by atoms with van der Waals surface area (Å²) in [4.78, 5) is 52.8. The van der Waals surface area contributed by atoms with Crippen molar-refractivity contribution in [1.82, 2.24) is 19.9 Å². The number of nitrogens with zero attached hydrogens (tertiary/aromatic N) is 2. The SMILES string of the molecule is O=C(O)[C@@H](O)[C@@H](O)[C@H](O)[C@@H](O)C(=O)O.O=C([O-])C=Cc1c[nH]cn1.O=C([O-])C=Cc1c[nH]cn1.[Se+2]. The summed E-state index contributed by atoms with van der Waals surface area (Å²) in [6.07, 6.45) is 1.38. The van der Waals surface area contributed by atoms with Gasteiger partial charge in [0, 0.05) is 12.4 Å². The number of carboxylic acid groups (broad SMARTS) is 4. The van der Waals surface area contributed by atoms with Gasteiger partial charge in [-0.1, -0.05) is 0 Å². The predicted octanol–water partition coefficient (Wildman–Crippen LogP) is -5.44. The van der Waals surface area contributed by atoms with Crippen molar-refractivity contribution < 1.29 is 60.0 Å². The van der Waals surface area contributed by atoms with Crippen LogP contribution in [0.1, 0.15) is 11.4 Å². The minimum absolute atomic E-state index is 0. The van der Waals surface area contributed by atoms with Gasteiger partial charge in [-0.25, -0.2) is 19.6 Å². The number of aromatic amines is 2. The van der Waals surface area contributed by atoms with Crippen LogP contribution in [0.15, 0.2) is 37.2 Å². The van der Waals surface area contributed by atoms with Gasteiger partial charge in [-0.05, 0) is 24.3 Å². The number of carbonyl (C=O) groups is 4. The number of nitrogens with one attached hydrogen (secondary N) is 2. The van der Waals surface area contributed by atoms with E-state index in [2.05, 4.69) is 19.9 Å². The zero-order chi connectivity index (χ0) is 26.3. The maximum absolute atomic E-state index is 10.1. The Labute approximate surface area is 206 Å². The number of rotatable bonds is 9. The van der Waals surface area contributed by atoms with E-state index in [9.17, 15) is 29.4 Å². The summed E-state index contributed by atoms with van der Waals surface area (Å²) < 4.78 is 0. The quantitative estimate of drug-likeness (QED) is 0.104. The van der Waals surface area contributed by atoms with Crippen LogP contribution >= 0.6 is 0 Å². The van der Waals surface area contributed by atoms with Gasteiger partial charge in [0.25, 0.3) is 0 Å². The first-order valence-corrected chi connectivity index (χ1v) is 8.80. The van der Waals surface area contributed by atoms with Gasteiger partial charge in [-0.2, -0.15) is 0 Å². The number of aliphatic hydroxyl groups excluding tert-OH is 4. The fourth-order valence-corrected chi connectivity index (χ4v) is 1.70. The van der Waals surface area contributed by atoms with Crippen LogP contribution in [0.25, 0.3) is 12.2 Å². The molecule has 0 saturated heterocycles. The van der Waals surface area contributed by atoms with Crippen molar-refractivity contribution in [2.45, 2.75) is 24.4 Å². The molecule has 0 aliphatic carbocycles. The molecule has 16 nitrogen and oxygen atoms in total. The zero-order valence-electron chi connectivity index (χ0n) is 17.4. The second-order valence-electron chi connectivity index (χ2n) is 5.84. The van der Waals surface area contributed by atoms with Crippen LogP contribution in [-0.4, -0.2) is 116 Å². The van der Waals surface area contributed by atoms with E-state index in [-0.39, 0.29) is 17.1 Å². The molecule has 190 valence electrons. The summed E-state index contributed by atoms with van der Waals surface area (Å²) in [7, 11) is 0. The Bertz CT molecular complexity index is 884. The van der Waals surface area contributed by atoms with Gasteiger partial charge in [0.1, 0.15) is 12.2 Å². The van der Waals surface area contributed by atoms with E-state index < -0.39 is 48.3 Å². The molecule has 0 spiro atoms. The fraction of sp³-hybridized carbons (Fsp3) is 0.222. The number of aromatic nitrogens is 4. The average Bonchev–Trinajstić information content (AvgIpc) is 3.49. The number of carbonyl (C=O) groups excluding carboxylic acids is 2. The van der Waals surface area contributed by atoms with Crippen molar-refractivity contribution in [2.75, 3.05) is 0 Å². The van der Waals surface area contributed by atoms with Crippen LogP contribution in [0.3, 0.4) is 0 Å². The number of hydrogen-bond acceptors (Lipinski definition) is 12. The Kier molecular flexibility index (Phi) is 16.7. The Balaban J connectivity index is 0. The number of aliphatic hydroxyl groups is 4. The molecular formula is C18H20N4O12Se. The number of imidazole rings is 2. The van der Waals surface area contributed by atoms with Gasteiger partial charge in [-0.15, -0.1) is 0 Å². The summed E-state index contributed by atoms with van der Waals surface area (Å²) in [6, 6.07) is 0. The number of carboxylic acids is 4. The summed E-state index contributed by atoms with van der Waals surface area (Å²) in [5, 5.41) is 71.2. The first-order valence-electron chi connectivity index (χ1n) is 8.80. The van der Waals surface area contributed by atoms with Crippen molar-refractivity contribution in [3.05, 3.63) is 48.6 Å². The molecule has 2 heterocycles. The van der Waals surface area contributed by atoms with E-state index in [0.29, 0.717) is 11.4 Å². The first kappa shape index (κ1) is 33.3. The minimum atomic E-state index is -2.36. The molecule has 2 aromatic rings. The van der Waals surface area contributed by atoms with Crippen LogP contribution in [0, 0.1) is 0 Å². The molecule has 0 aliphatic rings. The molecule has 17 heteroatoms. The summed E-state index contributed by atoms with van der Waals surface area (Å²) in [5.74, 6) is -6.12. The minimum Gasteiger partial charge on any atom is -0.545 e. The van der Waals surface area contributed by atoms with E-state index in [1.807, 2.05) is 0 Å². The Morgan fingerprint density at radius 3 is 1.26 bits per heavy atom. The second-order valence-corrected chi connectivity index (χ2v) is 5.84.